The van der Waals surface area contributed by atoms with Crippen LogP contribution in [-0.2, 0) is 17.8 Å². The van der Waals surface area contributed by atoms with Gasteiger partial charge in [0.1, 0.15) is 11.6 Å². The Bertz CT molecular complexity index is 921. The van der Waals surface area contributed by atoms with Gasteiger partial charge in [0, 0.05) is 25.4 Å². The molecule has 0 spiro atoms. The van der Waals surface area contributed by atoms with Crippen LogP contribution in [0.15, 0.2) is 28.9 Å². The molecule has 0 aliphatic rings. The molecule has 3 aromatic rings. The molecular weight excluding hydrogens is 364 g/mol. The highest BCUT2D eigenvalue weighted by molar-refractivity contribution is 5.77. The molecule has 0 fully saturated rings. The second-order valence-corrected chi connectivity index (χ2v) is 6.17. The van der Waals surface area contributed by atoms with Gasteiger partial charge in [-0.25, -0.2) is 4.98 Å². The number of nitrogens with zero attached hydrogens (tertiary/aromatic N) is 4. The molecule has 11 heteroatoms. The molecule has 3 heterocycles. The van der Waals surface area contributed by atoms with Gasteiger partial charge in [0.2, 0.25) is 17.7 Å². The molecule has 1 amide bonds. The van der Waals surface area contributed by atoms with Crippen LogP contribution in [0.3, 0.4) is 0 Å². The SMILES string of the molecule is CNC(=O)Cc1cc(CNc2nccc(Nc3cc(OC(C)C)n[nH]3)n2)on1. The molecule has 148 valence electrons. The lowest BCUT2D eigenvalue weighted by atomic mass is 10.3. The summed E-state index contributed by atoms with van der Waals surface area (Å²) in [5.74, 6) is 2.58. The summed E-state index contributed by atoms with van der Waals surface area (Å²) in [6, 6.07) is 5.19. The number of aromatic amines is 1. The van der Waals surface area contributed by atoms with E-state index in [1.807, 2.05) is 13.8 Å². The Morgan fingerprint density at radius 3 is 3.00 bits per heavy atom. The zero-order chi connectivity index (χ0) is 19.9. The van der Waals surface area contributed by atoms with Crippen molar-refractivity contribution >= 4 is 23.5 Å². The van der Waals surface area contributed by atoms with Crippen LogP contribution in [0, 0.1) is 0 Å². The number of ether oxygens (including phenoxy) is 1. The maximum absolute atomic E-state index is 11.4. The van der Waals surface area contributed by atoms with Crippen LogP contribution in [0.25, 0.3) is 0 Å². The van der Waals surface area contributed by atoms with Crippen LogP contribution < -0.4 is 20.7 Å². The lowest BCUT2D eigenvalue weighted by Crippen LogP contribution is -2.19. The molecule has 0 saturated carbocycles. The number of anilines is 3. The molecular formula is C17H22N8O3. The third-order valence-corrected chi connectivity index (χ3v) is 3.48. The van der Waals surface area contributed by atoms with Gasteiger partial charge in [-0.15, -0.1) is 5.10 Å². The topological polar surface area (TPSA) is 143 Å². The fourth-order valence-corrected chi connectivity index (χ4v) is 2.26. The number of nitrogens with one attached hydrogen (secondary N) is 4. The van der Waals surface area contributed by atoms with Crippen molar-refractivity contribution in [2.45, 2.75) is 32.9 Å². The average molecular weight is 386 g/mol. The summed E-state index contributed by atoms with van der Waals surface area (Å²) < 4.78 is 10.7. The smallest absolute Gasteiger partial charge is 0.234 e. The highest BCUT2D eigenvalue weighted by Crippen LogP contribution is 2.18. The van der Waals surface area contributed by atoms with Crippen molar-refractivity contribution < 1.29 is 14.1 Å². The minimum atomic E-state index is -0.129. The molecule has 3 rings (SSSR count). The normalized spacial score (nSPS) is 10.7. The van der Waals surface area contributed by atoms with E-state index >= 15 is 0 Å². The first kappa shape index (κ1) is 19.1. The average Bonchev–Trinajstić information content (AvgIpc) is 3.29. The maximum atomic E-state index is 11.4. The van der Waals surface area contributed by atoms with E-state index < -0.39 is 0 Å². The second kappa shape index (κ2) is 8.84. The highest BCUT2D eigenvalue weighted by Gasteiger charge is 2.09. The van der Waals surface area contributed by atoms with E-state index in [1.165, 1.54) is 0 Å². The number of likely N-dealkylation sites (N-methyl/N-ethyl adjacent to an activating group) is 1. The molecule has 4 N–H and O–H groups in total. The monoisotopic (exact) mass is 386 g/mol. The van der Waals surface area contributed by atoms with Gasteiger partial charge >= 0.3 is 0 Å². The number of rotatable bonds is 9. The Kier molecular flexibility index (Phi) is 6.04. The molecule has 0 radical (unpaired) electrons. The Hall–Kier alpha value is -3.63. The zero-order valence-corrected chi connectivity index (χ0v) is 15.8. The summed E-state index contributed by atoms with van der Waals surface area (Å²) in [5, 5.41) is 19.5. The van der Waals surface area contributed by atoms with Crippen LogP contribution >= 0.6 is 0 Å². The van der Waals surface area contributed by atoms with Crippen LogP contribution in [-0.4, -0.2) is 44.4 Å². The third kappa shape index (κ3) is 5.43. The predicted octanol–water partition coefficient (Wildman–Crippen LogP) is 1.62. The van der Waals surface area contributed by atoms with E-state index in [1.54, 1.807) is 31.4 Å². The van der Waals surface area contributed by atoms with Gasteiger partial charge < -0.3 is 25.2 Å². The summed E-state index contributed by atoms with van der Waals surface area (Å²) >= 11 is 0. The number of H-pyrrole nitrogens is 1. The molecule has 0 unspecified atom stereocenters. The number of aromatic nitrogens is 5. The first-order valence-electron chi connectivity index (χ1n) is 8.73. The number of hydrogen-bond acceptors (Lipinski definition) is 9. The first-order valence-corrected chi connectivity index (χ1v) is 8.73. The van der Waals surface area contributed by atoms with Gasteiger partial charge in [-0.1, -0.05) is 5.16 Å². The Balaban J connectivity index is 1.56. The Morgan fingerprint density at radius 2 is 2.21 bits per heavy atom. The first-order chi connectivity index (χ1) is 13.5. The van der Waals surface area contributed by atoms with Gasteiger partial charge in [0.15, 0.2) is 5.76 Å². The van der Waals surface area contributed by atoms with Crippen molar-refractivity contribution in [3.8, 4) is 5.88 Å². The van der Waals surface area contributed by atoms with Crippen molar-refractivity contribution in [2.24, 2.45) is 0 Å². The summed E-state index contributed by atoms with van der Waals surface area (Å²) in [6.45, 7) is 4.20. The minimum Gasteiger partial charge on any atom is -0.474 e. The van der Waals surface area contributed by atoms with Gasteiger partial charge in [0.25, 0.3) is 0 Å². The molecule has 0 aliphatic heterocycles. The standard InChI is InChI=1S/C17H22N8O3/c1-10(2)27-16-8-14(23-24-16)21-13-4-5-19-17(22-13)20-9-12-6-11(25-28-12)7-15(26)18-3/h4-6,8,10H,7,9H2,1-3H3,(H,18,26)(H3,19,20,21,22,23,24). The zero-order valence-electron chi connectivity index (χ0n) is 15.8. The quantitative estimate of drug-likeness (QED) is 0.431. The summed E-state index contributed by atoms with van der Waals surface area (Å²) in [4.78, 5) is 19.9. The van der Waals surface area contributed by atoms with E-state index in [4.69, 9.17) is 9.26 Å². The van der Waals surface area contributed by atoms with Crippen molar-refractivity contribution in [1.29, 1.82) is 0 Å². The lowest BCUT2D eigenvalue weighted by Gasteiger charge is -2.06. The molecule has 3 aromatic heterocycles. The maximum Gasteiger partial charge on any atom is 0.234 e. The van der Waals surface area contributed by atoms with E-state index in [-0.39, 0.29) is 18.4 Å². The van der Waals surface area contributed by atoms with Gasteiger partial charge in [0.05, 0.1) is 24.8 Å². The predicted molar refractivity (Wildman–Crippen MR) is 101 cm³/mol. The number of hydrogen-bond donors (Lipinski definition) is 4. The number of amides is 1. The molecule has 0 aliphatic carbocycles. The highest BCUT2D eigenvalue weighted by atomic mass is 16.5. The van der Waals surface area contributed by atoms with Crippen molar-refractivity contribution in [2.75, 3.05) is 17.7 Å². The summed E-state index contributed by atoms with van der Waals surface area (Å²) in [6.07, 6.45) is 1.83. The van der Waals surface area contributed by atoms with E-state index in [9.17, 15) is 4.79 Å². The van der Waals surface area contributed by atoms with E-state index in [0.717, 1.165) is 0 Å². The summed E-state index contributed by atoms with van der Waals surface area (Å²) in [5.41, 5.74) is 0.561. The van der Waals surface area contributed by atoms with Crippen molar-refractivity contribution in [3.63, 3.8) is 0 Å². The van der Waals surface area contributed by atoms with Gasteiger partial charge in [-0.05, 0) is 19.9 Å². The largest absolute Gasteiger partial charge is 0.474 e. The fraction of sp³-hybridized carbons (Fsp3) is 0.353. The molecule has 28 heavy (non-hydrogen) atoms. The number of carbonyl (C=O) groups excluding carboxylic acids is 1. The molecule has 0 aromatic carbocycles. The lowest BCUT2D eigenvalue weighted by molar-refractivity contribution is -0.120. The van der Waals surface area contributed by atoms with Gasteiger partial charge in [-0.2, -0.15) is 4.98 Å². The summed E-state index contributed by atoms with van der Waals surface area (Å²) in [7, 11) is 1.57. The van der Waals surface area contributed by atoms with Crippen LogP contribution in [0.2, 0.25) is 0 Å². The van der Waals surface area contributed by atoms with Crippen LogP contribution in [0.4, 0.5) is 17.6 Å². The Labute approximate surface area is 161 Å². The van der Waals surface area contributed by atoms with Crippen molar-refractivity contribution in [1.82, 2.24) is 30.6 Å². The fourth-order valence-electron chi connectivity index (χ4n) is 2.26. The molecule has 0 saturated heterocycles. The van der Waals surface area contributed by atoms with E-state index in [0.29, 0.717) is 41.5 Å². The third-order valence-electron chi connectivity index (χ3n) is 3.48. The van der Waals surface area contributed by atoms with Crippen LogP contribution in [0.5, 0.6) is 5.88 Å². The van der Waals surface area contributed by atoms with E-state index in [2.05, 4.69) is 41.3 Å². The molecule has 11 nitrogen and oxygen atoms in total. The molecule has 0 atom stereocenters. The minimum absolute atomic E-state index is 0.0407. The van der Waals surface area contributed by atoms with Crippen molar-refractivity contribution in [3.05, 3.63) is 35.9 Å². The van der Waals surface area contributed by atoms with Crippen LogP contribution in [0.1, 0.15) is 25.3 Å². The second-order valence-electron chi connectivity index (χ2n) is 6.17. The van der Waals surface area contributed by atoms with Gasteiger partial charge in [-0.3, -0.25) is 9.89 Å². The number of carbonyl (C=O) groups is 1. The molecule has 0 bridgehead atoms. The Morgan fingerprint density at radius 1 is 1.36 bits per heavy atom.